The molecule has 0 rings (SSSR count). The number of aliphatic hydroxyl groups excluding tert-OH is 1. The van der Waals surface area contributed by atoms with E-state index in [0.29, 0.717) is 25.7 Å². The molecule has 0 saturated carbocycles. The molecule has 4 unspecified atom stereocenters. The van der Waals surface area contributed by atoms with Crippen molar-refractivity contribution in [2.24, 2.45) is 11.8 Å². The monoisotopic (exact) mass is 1440 g/mol. The summed E-state index contributed by atoms with van der Waals surface area (Å²) in [7, 11) is -9.92. The predicted molar refractivity (Wildman–Crippen MR) is 400 cm³/mol. The Morgan fingerprint density at radius 1 is 0.286 bits per heavy atom. The summed E-state index contributed by atoms with van der Waals surface area (Å²) in [5, 5.41) is 10.6. The fourth-order valence-electron chi connectivity index (χ4n) is 12.1. The van der Waals surface area contributed by atoms with E-state index in [-0.39, 0.29) is 25.7 Å². The second-order valence-corrected chi connectivity index (χ2v) is 31.8. The first kappa shape index (κ1) is 96.1. The lowest BCUT2D eigenvalue weighted by atomic mass is 9.99. The Hall–Kier alpha value is -1.94. The lowest BCUT2D eigenvalue weighted by Crippen LogP contribution is -2.30. The first-order valence-corrected chi connectivity index (χ1v) is 44.1. The van der Waals surface area contributed by atoms with Gasteiger partial charge < -0.3 is 33.8 Å². The van der Waals surface area contributed by atoms with Crippen molar-refractivity contribution in [3.05, 3.63) is 0 Å². The highest BCUT2D eigenvalue weighted by atomic mass is 31.2. The van der Waals surface area contributed by atoms with Crippen molar-refractivity contribution in [3.63, 3.8) is 0 Å². The number of hydrogen-bond donors (Lipinski definition) is 3. The quantitative estimate of drug-likeness (QED) is 0.0222. The summed E-state index contributed by atoms with van der Waals surface area (Å²) in [4.78, 5) is 72.9. The van der Waals surface area contributed by atoms with Crippen molar-refractivity contribution in [2.45, 2.75) is 432 Å². The number of phosphoric acid groups is 2. The average molecular weight is 1440 g/mol. The van der Waals surface area contributed by atoms with Gasteiger partial charge in [-0.25, -0.2) is 9.13 Å². The van der Waals surface area contributed by atoms with Gasteiger partial charge in [0.25, 0.3) is 0 Å². The molecular formula is C79H154O17P2. The Morgan fingerprint density at radius 2 is 0.490 bits per heavy atom. The van der Waals surface area contributed by atoms with E-state index >= 15 is 0 Å². The second-order valence-electron chi connectivity index (χ2n) is 28.9. The summed E-state index contributed by atoms with van der Waals surface area (Å²) in [6.45, 7) is 9.66. The van der Waals surface area contributed by atoms with Crippen LogP contribution in [0.2, 0.25) is 0 Å². The highest BCUT2D eigenvalue weighted by molar-refractivity contribution is 7.47. The molecule has 0 aliphatic heterocycles. The fraction of sp³-hybridized carbons (Fsp3) is 0.949. The van der Waals surface area contributed by atoms with Gasteiger partial charge in [0.1, 0.15) is 19.3 Å². The van der Waals surface area contributed by atoms with Gasteiger partial charge in [-0.1, -0.05) is 363 Å². The minimum absolute atomic E-state index is 0.106. The standard InChI is InChI=1S/C79H154O17P2/c1-7-11-13-15-17-19-21-22-23-24-25-26-27-28-29-30-39-45-51-57-63-78(83)95-75(68-90-77(82)62-56-50-44-38-33-31-35-41-47-53-59-71(5)9-3)70-94-98(87,88)92-66-73(80)65-91-97(85,86)93-69-74(67-89-76(81)61-55-49-43-37-20-18-16-14-12-8-2)96-79(84)64-58-52-46-40-34-32-36-42-48-54-60-72(6)10-4/h71-75,80H,7-70H2,1-6H3,(H,85,86)(H,87,88)/t71?,72?,73-,74+,75+/m0/s1. The molecule has 98 heavy (non-hydrogen) atoms. The Morgan fingerprint density at radius 3 is 0.724 bits per heavy atom. The van der Waals surface area contributed by atoms with Crippen molar-refractivity contribution in [2.75, 3.05) is 39.6 Å². The van der Waals surface area contributed by atoms with E-state index in [2.05, 4.69) is 41.5 Å². The molecule has 0 heterocycles. The molecule has 0 saturated heterocycles. The molecule has 7 atom stereocenters. The Labute approximate surface area is 600 Å². The highest BCUT2D eigenvalue weighted by Crippen LogP contribution is 2.45. The minimum Gasteiger partial charge on any atom is -0.462 e. The van der Waals surface area contributed by atoms with Crippen LogP contribution in [0.1, 0.15) is 414 Å². The van der Waals surface area contributed by atoms with E-state index in [4.69, 9.17) is 37.0 Å². The number of phosphoric ester groups is 2. The number of hydrogen-bond acceptors (Lipinski definition) is 15. The minimum atomic E-state index is -4.96. The van der Waals surface area contributed by atoms with Crippen molar-refractivity contribution in [1.82, 2.24) is 0 Å². The number of carbonyl (C=O) groups excluding carboxylic acids is 4. The van der Waals surface area contributed by atoms with Crippen LogP contribution in [0.25, 0.3) is 0 Å². The molecule has 582 valence electrons. The zero-order valence-electron chi connectivity index (χ0n) is 64.1. The number of aliphatic hydroxyl groups is 1. The van der Waals surface area contributed by atoms with Crippen molar-refractivity contribution in [1.29, 1.82) is 0 Å². The van der Waals surface area contributed by atoms with Crippen LogP contribution in [0.15, 0.2) is 0 Å². The molecule has 0 aliphatic carbocycles. The molecule has 17 nitrogen and oxygen atoms in total. The van der Waals surface area contributed by atoms with Gasteiger partial charge in [-0.3, -0.25) is 37.3 Å². The van der Waals surface area contributed by atoms with Crippen LogP contribution in [0.5, 0.6) is 0 Å². The van der Waals surface area contributed by atoms with Crippen LogP contribution in [0.3, 0.4) is 0 Å². The normalized spacial score (nSPS) is 14.5. The summed E-state index contributed by atoms with van der Waals surface area (Å²) in [6, 6.07) is 0. The molecule has 0 aliphatic rings. The summed E-state index contributed by atoms with van der Waals surface area (Å²) >= 11 is 0. The summed E-state index contributed by atoms with van der Waals surface area (Å²) in [6.07, 6.45) is 59.5. The van der Waals surface area contributed by atoms with Gasteiger partial charge in [0.2, 0.25) is 0 Å². The Bertz CT molecular complexity index is 1890. The molecule has 0 aromatic heterocycles. The number of esters is 4. The molecule has 0 aromatic carbocycles. The Balaban J connectivity index is 5.23. The van der Waals surface area contributed by atoms with Gasteiger partial charge in [0, 0.05) is 25.7 Å². The first-order valence-electron chi connectivity index (χ1n) is 41.1. The average Bonchev–Trinajstić information content (AvgIpc) is 0.997. The molecular weight excluding hydrogens is 1280 g/mol. The lowest BCUT2D eigenvalue weighted by molar-refractivity contribution is -0.161. The summed E-state index contributed by atoms with van der Waals surface area (Å²) in [5.41, 5.74) is 0. The smallest absolute Gasteiger partial charge is 0.462 e. The largest absolute Gasteiger partial charge is 0.472 e. The first-order chi connectivity index (χ1) is 47.4. The van der Waals surface area contributed by atoms with E-state index in [1.165, 1.54) is 231 Å². The van der Waals surface area contributed by atoms with E-state index in [1.54, 1.807) is 0 Å². The van der Waals surface area contributed by atoms with Crippen molar-refractivity contribution in [3.8, 4) is 0 Å². The SMILES string of the molecule is CCCCCCCCCCCCCCCCCCCCCCC(=O)O[C@H](COC(=O)CCCCCCCCCCCCC(C)CC)COP(=O)(O)OC[C@@H](O)COP(=O)(O)OC[C@@H](COC(=O)CCCCCCCCCCCC)OC(=O)CCCCCCCCCCCCC(C)CC. The number of carbonyl (C=O) groups is 4. The maximum atomic E-state index is 13.1. The van der Waals surface area contributed by atoms with Gasteiger partial charge in [-0.15, -0.1) is 0 Å². The van der Waals surface area contributed by atoms with E-state index in [1.807, 2.05) is 0 Å². The molecule has 19 heteroatoms. The number of rotatable bonds is 78. The van der Waals surface area contributed by atoms with Crippen LogP contribution >= 0.6 is 15.6 Å². The topological polar surface area (TPSA) is 237 Å². The lowest BCUT2D eigenvalue weighted by Gasteiger charge is -2.21. The van der Waals surface area contributed by atoms with Gasteiger partial charge in [0.05, 0.1) is 26.4 Å². The van der Waals surface area contributed by atoms with Gasteiger partial charge >= 0.3 is 39.5 Å². The maximum absolute atomic E-state index is 13.1. The van der Waals surface area contributed by atoms with Gasteiger partial charge in [-0.05, 0) is 37.5 Å². The third-order valence-corrected chi connectivity index (χ3v) is 21.1. The third kappa shape index (κ3) is 69.8. The van der Waals surface area contributed by atoms with Crippen molar-refractivity contribution >= 4 is 39.5 Å². The van der Waals surface area contributed by atoms with Crippen LogP contribution < -0.4 is 0 Å². The van der Waals surface area contributed by atoms with E-state index < -0.39 is 97.5 Å². The molecule has 0 aromatic rings. The van der Waals surface area contributed by atoms with Crippen LogP contribution in [-0.2, 0) is 65.4 Å². The third-order valence-electron chi connectivity index (χ3n) is 19.2. The number of ether oxygens (including phenoxy) is 4. The maximum Gasteiger partial charge on any atom is 0.472 e. The second kappa shape index (κ2) is 70.7. The Kier molecular flexibility index (Phi) is 69.3. The van der Waals surface area contributed by atoms with Gasteiger partial charge in [-0.2, -0.15) is 0 Å². The van der Waals surface area contributed by atoms with Gasteiger partial charge in [0.15, 0.2) is 12.2 Å². The molecule has 0 spiro atoms. The van der Waals surface area contributed by atoms with Crippen LogP contribution in [0, 0.1) is 11.8 Å². The number of unbranched alkanes of at least 4 members (excludes halogenated alkanes) is 46. The zero-order valence-corrected chi connectivity index (χ0v) is 65.9. The van der Waals surface area contributed by atoms with Crippen LogP contribution in [0.4, 0.5) is 0 Å². The zero-order chi connectivity index (χ0) is 72.1. The van der Waals surface area contributed by atoms with E-state index in [0.717, 1.165) is 102 Å². The molecule has 0 fully saturated rings. The summed E-state index contributed by atoms with van der Waals surface area (Å²) in [5.74, 6) is -0.499. The molecule has 3 N–H and O–H groups in total. The highest BCUT2D eigenvalue weighted by Gasteiger charge is 2.30. The summed E-state index contributed by atoms with van der Waals surface area (Å²) < 4.78 is 68.6. The molecule has 0 amide bonds. The fourth-order valence-corrected chi connectivity index (χ4v) is 13.7. The van der Waals surface area contributed by atoms with Crippen molar-refractivity contribution < 1.29 is 80.2 Å². The van der Waals surface area contributed by atoms with Crippen LogP contribution in [-0.4, -0.2) is 96.7 Å². The van der Waals surface area contributed by atoms with E-state index in [9.17, 15) is 43.2 Å². The predicted octanol–water partition coefficient (Wildman–Crippen LogP) is 23.5. The molecule has 0 bridgehead atoms. The molecule has 0 radical (unpaired) electrons.